The van der Waals surface area contributed by atoms with E-state index < -0.39 is 6.10 Å². The average molecular weight is 923 g/mol. The molecule has 0 bridgehead atoms. The summed E-state index contributed by atoms with van der Waals surface area (Å²) in [5.74, 6) is -1.02. The summed E-state index contributed by atoms with van der Waals surface area (Å²) in [6, 6.07) is 0. The Morgan fingerprint density at radius 1 is 0.313 bits per heavy atom. The summed E-state index contributed by atoms with van der Waals surface area (Å²) in [6.07, 6.45) is 77.3. The first-order chi connectivity index (χ1) is 33.0. The molecule has 0 spiro atoms. The number of hydrogen-bond acceptors (Lipinski definition) is 6. The largest absolute Gasteiger partial charge is 0.462 e. The summed E-state index contributed by atoms with van der Waals surface area (Å²) in [4.78, 5) is 37.7. The van der Waals surface area contributed by atoms with E-state index in [4.69, 9.17) is 14.2 Å². The Labute approximate surface area is 410 Å². The molecule has 0 rings (SSSR count). The highest BCUT2D eigenvalue weighted by Crippen LogP contribution is 2.12. The minimum Gasteiger partial charge on any atom is -0.462 e. The van der Waals surface area contributed by atoms with E-state index in [1.807, 2.05) is 0 Å². The van der Waals surface area contributed by atoms with Crippen LogP contribution in [0.2, 0.25) is 0 Å². The van der Waals surface area contributed by atoms with Crippen LogP contribution in [0.15, 0.2) is 146 Å². The highest BCUT2D eigenvalue weighted by molar-refractivity contribution is 5.71. The average Bonchev–Trinajstić information content (AvgIpc) is 3.33. The van der Waals surface area contributed by atoms with Crippen LogP contribution in [-0.2, 0) is 28.6 Å². The Kier molecular flexibility index (Phi) is 50.1. The molecule has 0 aliphatic heterocycles. The van der Waals surface area contributed by atoms with E-state index in [-0.39, 0.29) is 44.0 Å². The summed E-state index contributed by atoms with van der Waals surface area (Å²) in [7, 11) is 0. The molecule has 0 saturated carbocycles. The Bertz CT molecular complexity index is 1530. The molecule has 0 aromatic heterocycles. The minimum atomic E-state index is -0.815. The molecule has 0 N–H and O–H groups in total. The highest BCUT2D eigenvalue weighted by atomic mass is 16.6. The Morgan fingerprint density at radius 3 is 0.970 bits per heavy atom. The van der Waals surface area contributed by atoms with E-state index in [0.29, 0.717) is 12.8 Å². The summed E-state index contributed by atoms with van der Waals surface area (Å²) < 4.78 is 16.6. The predicted molar refractivity (Wildman–Crippen MR) is 288 cm³/mol. The molecule has 1 unspecified atom stereocenters. The molecule has 0 aromatic rings. The van der Waals surface area contributed by atoms with Gasteiger partial charge < -0.3 is 14.2 Å². The summed E-state index contributed by atoms with van der Waals surface area (Å²) in [6.45, 7) is 6.23. The molecular formula is C61H94O6. The highest BCUT2D eigenvalue weighted by Gasteiger charge is 2.19. The van der Waals surface area contributed by atoms with Crippen LogP contribution in [0.4, 0.5) is 0 Å². The van der Waals surface area contributed by atoms with Crippen molar-refractivity contribution in [3.8, 4) is 0 Å². The predicted octanol–water partition coefficient (Wildman–Crippen LogP) is 17.6. The fourth-order valence-electron chi connectivity index (χ4n) is 6.46. The van der Waals surface area contributed by atoms with Crippen molar-refractivity contribution in [3.63, 3.8) is 0 Å². The Hall–Kier alpha value is -4.71. The Morgan fingerprint density at radius 2 is 0.597 bits per heavy atom. The quantitative estimate of drug-likeness (QED) is 0.0262. The zero-order valence-electron chi connectivity index (χ0n) is 42.6. The van der Waals surface area contributed by atoms with Gasteiger partial charge in [0.2, 0.25) is 0 Å². The van der Waals surface area contributed by atoms with Gasteiger partial charge in [0.05, 0.1) is 0 Å². The van der Waals surface area contributed by atoms with Crippen LogP contribution in [0.1, 0.15) is 201 Å². The molecule has 1 atom stereocenters. The van der Waals surface area contributed by atoms with Crippen LogP contribution in [-0.4, -0.2) is 37.2 Å². The molecule has 0 aliphatic carbocycles. The fourth-order valence-corrected chi connectivity index (χ4v) is 6.46. The molecular weight excluding hydrogens is 829 g/mol. The van der Waals surface area contributed by atoms with Crippen molar-refractivity contribution in [2.75, 3.05) is 13.2 Å². The second-order valence-corrected chi connectivity index (χ2v) is 16.7. The Balaban J connectivity index is 4.34. The minimum absolute atomic E-state index is 0.111. The first-order valence-corrected chi connectivity index (χ1v) is 26.3. The second-order valence-electron chi connectivity index (χ2n) is 16.7. The van der Waals surface area contributed by atoms with Crippen LogP contribution < -0.4 is 0 Å². The summed E-state index contributed by atoms with van der Waals surface area (Å²) >= 11 is 0. The molecule has 374 valence electrons. The molecule has 0 aromatic carbocycles. The van der Waals surface area contributed by atoms with Gasteiger partial charge in [-0.05, 0) is 116 Å². The maximum atomic E-state index is 12.8. The number of hydrogen-bond donors (Lipinski definition) is 0. The van der Waals surface area contributed by atoms with Gasteiger partial charge >= 0.3 is 17.9 Å². The van der Waals surface area contributed by atoms with Gasteiger partial charge in [-0.25, -0.2) is 0 Å². The van der Waals surface area contributed by atoms with Crippen molar-refractivity contribution in [2.24, 2.45) is 0 Å². The third-order valence-electron chi connectivity index (χ3n) is 10.3. The molecule has 0 radical (unpaired) electrons. The lowest BCUT2D eigenvalue weighted by molar-refractivity contribution is -0.167. The maximum absolute atomic E-state index is 12.8. The lowest BCUT2D eigenvalue weighted by Gasteiger charge is -2.18. The first-order valence-electron chi connectivity index (χ1n) is 26.3. The smallest absolute Gasteiger partial charge is 0.306 e. The maximum Gasteiger partial charge on any atom is 0.306 e. The van der Waals surface area contributed by atoms with Crippen molar-refractivity contribution >= 4 is 17.9 Å². The first kappa shape index (κ1) is 62.3. The molecule has 0 fully saturated rings. The number of esters is 3. The number of allylic oxidation sites excluding steroid dienone is 24. The summed E-state index contributed by atoms with van der Waals surface area (Å²) in [5, 5.41) is 0. The normalized spacial score (nSPS) is 13.3. The SMILES string of the molecule is CC/C=C\C/C=C\C/C=C\C/C=C\C/C=C\C/C=C\C/C=C\CCCC(=O)OCC(COC(=O)CCCCCCC)OC(=O)CCCCCCC/C=C\C/C=C\C/C=C\C/C=C\C/C=C\CC. The van der Waals surface area contributed by atoms with Crippen molar-refractivity contribution in [1.29, 1.82) is 0 Å². The third-order valence-corrected chi connectivity index (χ3v) is 10.3. The zero-order valence-corrected chi connectivity index (χ0v) is 42.6. The van der Waals surface area contributed by atoms with E-state index in [9.17, 15) is 14.4 Å². The second kappa shape index (κ2) is 53.9. The van der Waals surface area contributed by atoms with Crippen LogP contribution in [0, 0.1) is 0 Å². The molecule has 0 amide bonds. The molecule has 0 aliphatic rings. The van der Waals surface area contributed by atoms with Crippen LogP contribution in [0.3, 0.4) is 0 Å². The monoisotopic (exact) mass is 923 g/mol. The topological polar surface area (TPSA) is 78.9 Å². The van der Waals surface area contributed by atoms with E-state index in [1.165, 1.54) is 0 Å². The molecule has 6 nitrogen and oxygen atoms in total. The number of rotatable bonds is 45. The van der Waals surface area contributed by atoms with Gasteiger partial charge in [0.15, 0.2) is 6.10 Å². The van der Waals surface area contributed by atoms with Gasteiger partial charge in [-0.2, -0.15) is 0 Å². The number of ether oxygens (including phenoxy) is 3. The van der Waals surface area contributed by atoms with Gasteiger partial charge in [0.1, 0.15) is 13.2 Å². The van der Waals surface area contributed by atoms with Crippen molar-refractivity contribution in [3.05, 3.63) is 146 Å². The zero-order chi connectivity index (χ0) is 48.6. The lowest BCUT2D eigenvalue weighted by atomic mass is 10.1. The van der Waals surface area contributed by atoms with E-state index in [0.717, 1.165) is 154 Å². The number of carbonyl (C=O) groups is 3. The number of carbonyl (C=O) groups excluding carboxylic acids is 3. The molecule has 0 heterocycles. The van der Waals surface area contributed by atoms with Crippen molar-refractivity contribution in [1.82, 2.24) is 0 Å². The van der Waals surface area contributed by atoms with Gasteiger partial charge in [-0.1, -0.05) is 212 Å². The molecule has 0 saturated heterocycles. The number of unbranched alkanes of at least 4 members (excludes halogenated alkanes) is 10. The summed E-state index contributed by atoms with van der Waals surface area (Å²) in [5.41, 5.74) is 0. The molecule has 67 heavy (non-hydrogen) atoms. The fraction of sp³-hybridized carbons (Fsp3) is 0.557. The van der Waals surface area contributed by atoms with Crippen molar-refractivity contribution in [2.45, 2.75) is 207 Å². The van der Waals surface area contributed by atoms with Gasteiger partial charge in [-0.15, -0.1) is 0 Å². The van der Waals surface area contributed by atoms with Gasteiger partial charge in [-0.3, -0.25) is 14.4 Å². The van der Waals surface area contributed by atoms with Gasteiger partial charge in [0, 0.05) is 19.3 Å². The lowest BCUT2D eigenvalue weighted by Crippen LogP contribution is -2.30. The van der Waals surface area contributed by atoms with Crippen LogP contribution in [0.5, 0.6) is 0 Å². The van der Waals surface area contributed by atoms with Crippen molar-refractivity contribution < 1.29 is 28.6 Å². The van der Waals surface area contributed by atoms with E-state index in [2.05, 4.69) is 167 Å². The van der Waals surface area contributed by atoms with Crippen LogP contribution in [0.25, 0.3) is 0 Å². The standard InChI is InChI=1S/C61H94O6/c1-4-7-10-13-15-17-19-21-23-25-27-29-30-32-33-35-37-39-41-43-45-48-51-54-60(63)66-57-58(56-65-59(62)53-50-47-12-9-6-3)67-61(64)55-52-49-46-44-42-40-38-36-34-31-28-26-24-22-20-18-16-14-11-8-5-2/h7-8,10-11,15-18,21-24,27-29,31-33,36-39,43,45,58H,4-6,9,12-14,19-20,25-26,30,34-35,40-42,44,46-57H2,1-3H3/b10-7-,11-8-,17-15-,18-16-,23-21-,24-22-,29-27-,31-28-,33-32-,38-36-,39-37-,45-43-. The van der Waals surface area contributed by atoms with E-state index >= 15 is 0 Å². The third kappa shape index (κ3) is 52.1. The molecule has 6 heteroatoms. The van der Waals surface area contributed by atoms with E-state index in [1.54, 1.807) is 0 Å². The van der Waals surface area contributed by atoms with Gasteiger partial charge in [0.25, 0.3) is 0 Å². The van der Waals surface area contributed by atoms with Crippen LogP contribution >= 0.6 is 0 Å².